The molecule has 4 atom stereocenters. The summed E-state index contributed by atoms with van der Waals surface area (Å²) in [6.07, 6.45) is -5.18. The molecule has 2 heterocycles. The molecule has 0 bridgehead atoms. The maximum Gasteiger partial charge on any atom is 1.00 e. The fraction of sp³-hybridized carbons (Fsp3) is 0.600. The van der Waals surface area contributed by atoms with Crippen LogP contribution in [-0.2, 0) is 4.74 Å². The second kappa shape index (κ2) is 9.28. The van der Waals surface area contributed by atoms with Crippen molar-refractivity contribution >= 4 is 7.94 Å². The molecule has 3 N–H and O–H groups in total. The number of rotatable bonds is 4. The number of aromatic nitrogens is 2. The topological polar surface area (TPSA) is 174 Å². The molecule has 15 heteroatoms. The Morgan fingerprint density at radius 3 is 2.40 bits per heavy atom. The van der Waals surface area contributed by atoms with E-state index >= 15 is 0 Å². The SMILES string of the molecule is O=c1nc([O-])ccn1[C@@H]1O[C@H](CO)[C@@H](C(F)(F)[P+]([O-])([O-])O)[C@H]1O.[Na+].[Na+]. The fourth-order valence-corrected chi connectivity index (χ4v) is 3.03. The van der Waals surface area contributed by atoms with E-state index in [2.05, 4.69) is 4.98 Å². The number of aliphatic hydroxyl groups is 2. The minimum atomic E-state index is -6.23. The van der Waals surface area contributed by atoms with E-state index in [9.17, 15) is 33.6 Å². The molecular formula is C10H11F2N2Na2O8P. The van der Waals surface area contributed by atoms with Crippen LogP contribution in [0.1, 0.15) is 6.23 Å². The first-order valence-electron chi connectivity index (χ1n) is 6.13. The molecule has 0 amide bonds. The molecule has 25 heavy (non-hydrogen) atoms. The van der Waals surface area contributed by atoms with Gasteiger partial charge in [-0.15, -0.1) is 0 Å². The van der Waals surface area contributed by atoms with Crippen LogP contribution in [0.3, 0.4) is 0 Å². The number of halogens is 2. The van der Waals surface area contributed by atoms with Gasteiger partial charge in [0.25, 0.3) is 0 Å². The third-order valence-electron chi connectivity index (χ3n) is 3.41. The van der Waals surface area contributed by atoms with E-state index in [0.29, 0.717) is 4.57 Å². The Morgan fingerprint density at radius 2 is 1.96 bits per heavy atom. The molecule has 1 saturated heterocycles. The van der Waals surface area contributed by atoms with Crippen molar-refractivity contribution in [1.82, 2.24) is 9.55 Å². The van der Waals surface area contributed by atoms with Gasteiger partial charge in [0.15, 0.2) is 6.23 Å². The summed E-state index contributed by atoms with van der Waals surface area (Å²) in [7, 11) is -6.23. The largest absolute Gasteiger partial charge is 1.00 e. The summed E-state index contributed by atoms with van der Waals surface area (Å²) in [6, 6.07) is 0.793. The van der Waals surface area contributed by atoms with Crippen molar-refractivity contribution in [2.24, 2.45) is 5.92 Å². The molecule has 10 nitrogen and oxygen atoms in total. The van der Waals surface area contributed by atoms with E-state index in [4.69, 9.17) is 14.7 Å². The van der Waals surface area contributed by atoms with Crippen LogP contribution in [0, 0.1) is 5.92 Å². The standard InChI is InChI=1S/C10H13F2N2O8P.2Na/c11-10(12,23(19,20)21)6-4(3-15)22-8(7(6)17)14-2-1-5(16)13-9(14)18;;/h1-2,4,6-8,15,17H,3H2,(H,13,16,18)(H2,19,20,21);;/q;2*+1/p-2/t4-,6-,7-,8-;;/m1../s1. The van der Waals surface area contributed by atoms with Gasteiger partial charge in [-0.2, -0.15) is 8.78 Å². The zero-order valence-electron chi connectivity index (χ0n) is 13.2. The van der Waals surface area contributed by atoms with Crippen LogP contribution < -0.4 is 79.7 Å². The van der Waals surface area contributed by atoms with Crippen molar-refractivity contribution < 1.29 is 103 Å². The van der Waals surface area contributed by atoms with Gasteiger partial charge in [0.2, 0.25) is 0 Å². The van der Waals surface area contributed by atoms with Crippen LogP contribution in [0.5, 0.6) is 5.88 Å². The zero-order valence-corrected chi connectivity index (χ0v) is 18.0. The summed E-state index contributed by atoms with van der Waals surface area (Å²) >= 11 is 0. The van der Waals surface area contributed by atoms with E-state index in [1.807, 2.05) is 0 Å². The third kappa shape index (κ3) is 4.96. The molecule has 0 unspecified atom stereocenters. The van der Waals surface area contributed by atoms with Crippen molar-refractivity contribution in [3.63, 3.8) is 0 Å². The molecule has 0 saturated carbocycles. The number of nitrogens with zero attached hydrogens (tertiary/aromatic N) is 2. The van der Waals surface area contributed by atoms with Crippen molar-refractivity contribution in [2.45, 2.75) is 24.1 Å². The smallest absolute Gasteiger partial charge is 0.858 e. The predicted octanol–water partition coefficient (Wildman–Crippen LogP) is -9.74. The van der Waals surface area contributed by atoms with Gasteiger partial charge in [-0.05, 0) is 11.9 Å². The van der Waals surface area contributed by atoms with Crippen LogP contribution in [0.15, 0.2) is 17.1 Å². The predicted molar refractivity (Wildman–Crippen MR) is 62.5 cm³/mol. The summed E-state index contributed by atoms with van der Waals surface area (Å²) in [5, 5.41) is 29.9. The van der Waals surface area contributed by atoms with E-state index in [0.717, 1.165) is 12.3 Å². The molecule has 0 aromatic carbocycles. The van der Waals surface area contributed by atoms with Crippen LogP contribution in [0.2, 0.25) is 0 Å². The molecule has 1 fully saturated rings. The van der Waals surface area contributed by atoms with Crippen molar-refractivity contribution in [3.8, 4) is 5.88 Å². The minimum Gasteiger partial charge on any atom is -0.858 e. The van der Waals surface area contributed by atoms with E-state index in [1.165, 1.54) is 0 Å². The summed E-state index contributed by atoms with van der Waals surface area (Å²) in [5.41, 5.74) is -6.04. The summed E-state index contributed by atoms with van der Waals surface area (Å²) in [6.45, 7) is -1.12. The number of aliphatic hydroxyl groups excluding tert-OH is 2. The number of hydrogen-bond donors (Lipinski definition) is 3. The Bertz CT molecular complexity index is 646. The van der Waals surface area contributed by atoms with Crippen LogP contribution in [-0.4, -0.2) is 49.1 Å². The minimum absolute atomic E-state index is 0. The molecule has 0 spiro atoms. The quantitative estimate of drug-likeness (QED) is 0.326. The maximum atomic E-state index is 13.8. The van der Waals surface area contributed by atoms with Gasteiger partial charge in [0.05, 0.1) is 12.7 Å². The Hall–Kier alpha value is 0.730. The molecule has 0 radical (unpaired) electrons. The Labute approximate surface area is 184 Å². The molecule has 1 aliphatic rings. The van der Waals surface area contributed by atoms with E-state index < -0.39 is 56.1 Å². The number of hydrogen-bond acceptors (Lipinski definition) is 9. The molecule has 1 aliphatic heterocycles. The van der Waals surface area contributed by atoms with Crippen molar-refractivity contribution in [1.29, 1.82) is 0 Å². The Kier molecular flexibility index (Phi) is 9.55. The zero-order chi connectivity index (χ0) is 17.6. The van der Waals surface area contributed by atoms with Gasteiger partial charge in [-0.1, -0.05) is 0 Å². The molecule has 1 aromatic rings. The third-order valence-corrected chi connectivity index (χ3v) is 4.46. The van der Waals surface area contributed by atoms with E-state index in [1.54, 1.807) is 0 Å². The van der Waals surface area contributed by atoms with Gasteiger partial charge in [-0.25, -0.2) is 9.78 Å². The van der Waals surface area contributed by atoms with E-state index in [-0.39, 0.29) is 59.1 Å². The molecule has 0 aliphatic carbocycles. The first kappa shape index (κ1) is 25.7. The first-order valence-corrected chi connectivity index (χ1v) is 7.70. The first-order chi connectivity index (χ1) is 10.5. The van der Waals surface area contributed by atoms with Crippen LogP contribution in [0.4, 0.5) is 8.78 Å². The van der Waals surface area contributed by atoms with Gasteiger partial charge < -0.3 is 29.8 Å². The summed E-state index contributed by atoms with van der Waals surface area (Å²) in [4.78, 5) is 44.9. The van der Waals surface area contributed by atoms with Crippen molar-refractivity contribution in [3.05, 3.63) is 22.7 Å². The van der Waals surface area contributed by atoms with Crippen LogP contribution >= 0.6 is 7.94 Å². The van der Waals surface area contributed by atoms with Gasteiger partial charge in [0.1, 0.15) is 20.0 Å². The Morgan fingerprint density at radius 1 is 1.40 bits per heavy atom. The second-order valence-corrected chi connectivity index (χ2v) is 6.46. The van der Waals surface area contributed by atoms with Gasteiger partial charge in [0, 0.05) is 6.20 Å². The van der Waals surface area contributed by atoms with Crippen LogP contribution in [0.25, 0.3) is 0 Å². The Balaban J connectivity index is 0.00000288. The molecule has 2 rings (SSSR count). The molecule has 1 aromatic heterocycles. The number of alkyl halides is 2. The average molecular weight is 402 g/mol. The summed E-state index contributed by atoms with van der Waals surface area (Å²) < 4.78 is 33.1. The second-order valence-electron chi connectivity index (χ2n) is 4.83. The van der Waals surface area contributed by atoms with Crippen molar-refractivity contribution in [2.75, 3.05) is 6.61 Å². The monoisotopic (exact) mass is 402 g/mol. The fourth-order valence-electron chi connectivity index (χ4n) is 2.34. The molecule has 130 valence electrons. The maximum absolute atomic E-state index is 13.8. The van der Waals surface area contributed by atoms with Gasteiger partial charge >= 0.3 is 70.5 Å². The number of ether oxygens (including phenoxy) is 1. The normalized spacial score (nSPS) is 26.7. The molecular weight excluding hydrogens is 391 g/mol. The van der Waals surface area contributed by atoms with Gasteiger partial charge in [-0.3, -0.25) is 9.46 Å². The average Bonchev–Trinajstić information content (AvgIpc) is 2.75. The summed E-state index contributed by atoms with van der Waals surface area (Å²) in [5.74, 6) is -3.46.